The quantitative estimate of drug-likeness (QED) is 0.849. The van der Waals surface area contributed by atoms with Gasteiger partial charge in [-0.3, -0.25) is 4.90 Å². The van der Waals surface area contributed by atoms with Crippen molar-refractivity contribution in [3.63, 3.8) is 0 Å². The number of anilines is 2. The molecular weight excluding hydrogens is 318 g/mol. The molecule has 132 valence electrons. The van der Waals surface area contributed by atoms with Gasteiger partial charge in [-0.1, -0.05) is 12.1 Å². The zero-order valence-corrected chi connectivity index (χ0v) is 14.1. The topological polar surface area (TPSA) is 87.7 Å². The molecule has 7 heteroatoms. The lowest BCUT2D eigenvalue weighted by Crippen LogP contribution is -2.33. The van der Waals surface area contributed by atoms with E-state index in [4.69, 9.17) is 10.5 Å². The van der Waals surface area contributed by atoms with Gasteiger partial charge in [-0.2, -0.15) is 0 Å². The summed E-state index contributed by atoms with van der Waals surface area (Å²) in [5.41, 5.74) is 8.30. The minimum atomic E-state index is -0.434. The fourth-order valence-corrected chi connectivity index (χ4v) is 3.54. The SMILES string of the molecule is Nc1cc(N2CCN(Cc3ccc4c(c3)CCO4)C[C@@H](O)C2)ncn1. The zero-order valence-electron chi connectivity index (χ0n) is 14.1. The van der Waals surface area contributed by atoms with E-state index < -0.39 is 6.10 Å². The maximum Gasteiger partial charge on any atom is 0.134 e. The minimum Gasteiger partial charge on any atom is -0.493 e. The number of fused-ring (bicyclic) bond motifs is 1. The molecule has 25 heavy (non-hydrogen) atoms. The van der Waals surface area contributed by atoms with Gasteiger partial charge in [-0.25, -0.2) is 9.97 Å². The van der Waals surface area contributed by atoms with Gasteiger partial charge in [0.05, 0.1) is 12.7 Å². The van der Waals surface area contributed by atoms with Crippen molar-refractivity contribution < 1.29 is 9.84 Å². The third-order valence-corrected chi connectivity index (χ3v) is 4.74. The summed E-state index contributed by atoms with van der Waals surface area (Å²) in [5.74, 6) is 2.22. The van der Waals surface area contributed by atoms with Crippen LogP contribution in [0.3, 0.4) is 0 Å². The molecule has 0 saturated carbocycles. The molecule has 0 spiro atoms. The van der Waals surface area contributed by atoms with Gasteiger partial charge in [0.15, 0.2) is 0 Å². The average molecular weight is 341 g/mol. The fourth-order valence-electron chi connectivity index (χ4n) is 3.54. The Labute approximate surface area is 147 Å². The van der Waals surface area contributed by atoms with Crippen molar-refractivity contribution in [1.29, 1.82) is 0 Å². The van der Waals surface area contributed by atoms with Crippen molar-refractivity contribution in [2.75, 3.05) is 43.4 Å². The second-order valence-corrected chi connectivity index (χ2v) is 6.68. The Kier molecular flexibility index (Phi) is 4.42. The highest BCUT2D eigenvalue weighted by Crippen LogP contribution is 2.26. The van der Waals surface area contributed by atoms with E-state index in [2.05, 4.69) is 38.0 Å². The summed E-state index contributed by atoms with van der Waals surface area (Å²) < 4.78 is 5.57. The molecule has 1 atom stereocenters. The Hall–Kier alpha value is -2.38. The van der Waals surface area contributed by atoms with E-state index >= 15 is 0 Å². The largest absolute Gasteiger partial charge is 0.493 e. The number of aliphatic hydroxyl groups excluding tert-OH is 1. The van der Waals surface area contributed by atoms with E-state index in [0.717, 1.165) is 44.2 Å². The molecule has 4 rings (SSSR count). The Balaban J connectivity index is 1.44. The van der Waals surface area contributed by atoms with Crippen molar-refractivity contribution in [3.8, 4) is 5.75 Å². The number of nitrogens with two attached hydrogens (primary N) is 1. The lowest BCUT2D eigenvalue weighted by Gasteiger charge is -2.22. The predicted octanol–water partition coefficient (Wildman–Crippen LogP) is 0.677. The molecule has 3 N–H and O–H groups in total. The van der Waals surface area contributed by atoms with Gasteiger partial charge in [-0.05, 0) is 17.2 Å². The second kappa shape index (κ2) is 6.85. The monoisotopic (exact) mass is 341 g/mol. The molecule has 1 saturated heterocycles. The molecule has 2 aliphatic heterocycles. The first kappa shape index (κ1) is 16.1. The highest BCUT2D eigenvalue weighted by molar-refractivity contribution is 5.46. The summed E-state index contributed by atoms with van der Waals surface area (Å²) in [6.45, 7) is 4.44. The van der Waals surface area contributed by atoms with Crippen molar-refractivity contribution >= 4 is 11.6 Å². The average Bonchev–Trinajstić information content (AvgIpc) is 2.98. The van der Waals surface area contributed by atoms with Crippen LogP contribution in [0.25, 0.3) is 0 Å². The van der Waals surface area contributed by atoms with E-state index in [1.165, 1.54) is 17.5 Å². The smallest absolute Gasteiger partial charge is 0.134 e. The third kappa shape index (κ3) is 3.67. The summed E-state index contributed by atoms with van der Waals surface area (Å²) in [5, 5.41) is 10.4. The molecule has 0 radical (unpaired) electrons. The number of hydrogen-bond acceptors (Lipinski definition) is 7. The molecule has 1 fully saturated rings. The van der Waals surface area contributed by atoms with E-state index in [1.54, 1.807) is 6.07 Å². The van der Waals surface area contributed by atoms with Crippen LogP contribution >= 0.6 is 0 Å². The molecule has 0 bridgehead atoms. The Morgan fingerprint density at radius 2 is 2.12 bits per heavy atom. The number of nitrogens with zero attached hydrogens (tertiary/aromatic N) is 4. The van der Waals surface area contributed by atoms with Gasteiger partial charge in [0.25, 0.3) is 0 Å². The maximum atomic E-state index is 10.4. The van der Waals surface area contributed by atoms with Crippen LogP contribution in [0.15, 0.2) is 30.6 Å². The summed E-state index contributed by atoms with van der Waals surface area (Å²) in [7, 11) is 0. The molecule has 1 aromatic heterocycles. The van der Waals surface area contributed by atoms with Crippen molar-refractivity contribution in [3.05, 3.63) is 41.7 Å². The summed E-state index contributed by atoms with van der Waals surface area (Å²) in [6, 6.07) is 8.15. The van der Waals surface area contributed by atoms with Gasteiger partial charge >= 0.3 is 0 Å². The van der Waals surface area contributed by atoms with Crippen LogP contribution in [0.1, 0.15) is 11.1 Å². The van der Waals surface area contributed by atoms with E-state index in [-0.39, 0.29) is 0 Å². The number of rotatable bonds is 3. The van der Waals surface area contributed by atoms with Crippen molar-refractivity contribution in [2.45, 2.75) is 19.1 Å². The fraction of sp³-hybridized carbons (Fsp3) is 0.444. The predicted molar refractivity (Wildman–Crippen MR) is 95.6 cm³/mol. The van der Waals surface area contributed by atoms with Gasteiger partial charge in [0.1, 0.15) is 23.7 Å². The Morgan fingerprint density at radius 3 is 3.00 bits per heavy atom. The molecule has 0 unspecified atom stereocenters. The number of hydrogen-bond donors (Lipinski definition) is 2. The normalized spacial score (nSPS) is 20.8. The molecule has 0 amide bonds. The van der Waals surface area contributed by atoms with Crippen LogP contribution in [0.4, 0.5) is 11.6 Å². The van der Waals surface area contributed by atoms with Crippen LogP contribution in [0, 0.1) is 0 Å². The first-order valence-electron chi connectivity index (χ1n) is 8.65. The lowest BCUT2D eigenvalue weighted by atomic mass is 10.1. The van der Waals surface area contributed by atoms with Gasteiger partial charge < -0.3 is 20.5 Å². The zero-order chi connectivity index (χ0) is 17.2. The Bertz CT molecular complexity index is 754. The van der Waals surface area contributed by atoms with Crippen LogP contribution in [0.5, 0.6) is 5.75 Å². The molecule has 1 aromatic carbocycles. The standard InChI is InChI=1S/C18H23N5O2/c19-17-8-18(21-12-20-17)23-5-4-22(10-15(24)11-23)9-13-1-2-16-14(7-13)3-6-25-16/h1-2,7-8,12,15,24H,3-6,9-11H2,(H2,19,20,21)/t15-/m1/s1. The van der Waals surface area contributed by atoms with Crippen LogP contribution < -0.4 is 15.4 Å². The molecule has 3 heterocycles. The van der Waals surface area contributed by atoms with E-state index in [0.29, 0.717) is 18.9 Å². The molecule has 0 aliphatic carbocycles. The number of β-amino-alcohol motifs (C(OH)–C–C–N with tert-alkyl or cyclic N) is 1. The lowest BCUT2D eigenvalue weighted by molar-refractivity contribution is 0.129. The van der Waals surface area contributed by atoms with Crippen molar-refractivity contribution in [1.82, 2.24) is 14.9 Å². The third-order valence-electron chi connectivity index (χ3n) is 4.74. The first-order valence-corrected chi connectivity index (χ1v) is 8.65. The molecule has 2 aliphatic rings. The number of aromatic nitrogens is 2. The van der Waals surface area contributed by atoms with Gasteiger partial charge in [-0.15, -0.1) is 0 Å². The highest BCUT2D eigenvalue weighted by Gasteiger charge is 2.23. The van der Waals surface area contributed by atoms with Crippen LogP contribution in [-0.4, -0.2) is 58.9 Å². The maximum absolute atomic E-state index is 10.4. The molecule has 2 aromatic rings. The molecular formula is C18H23N5O2. The van der Waals surface area contributed by atoms with E-state index in [1.807, 2.05) is 0 Å². The summed E-state index contributed by atoms with van der Waals surface area (Å²) >= 11 is 0. The number of ether oxygens (including phenoxy) is 1. The highest BCUT2D eigenvalue weighted by atomic mass is 16.5. The summed E-state index contributed by atoms with van der Waals surface area (Å²) in [4.78, 5) is 12.6. The number of aliphatic hydroxyl groups is 1. The van der Waals surface area contributed by atoms with Crippen molar-refractivity contribution in [2.24, 2.45) is 0 Å². The van der Waals surface area contributed by atoms with Gasteiger partial charge in [0, 0.05) is 45.2 Å². The Morgan fingerprint density at radius 1 is 1.20 bits per heavy atom. The van der Waals surface area contributed by atoms with Crippen LogP contribution in [-0.2, 0) is 13.0 Å². The minimum absolute atomic E-state index is 0.434. The van der Waals surface area contributed by atoms with Gasteiger partial charge in [0.2, 0.25) is 0 Å². The second-order valence-electron chi connectivity index (χ2n) is 6.68. The first-order chi connectivity index (χ1) is 12.2. The number of benzene rings is 1. The van der Waals surface area contributed by atoms with Crippen LogP contribution in [0.2, 0.25) is 0 Å². The summed E-state index contributed by atoms with van der Waals surface area (Å²) in [6.07, 6.45) is 2.01. The number of nitrogen functional groups attached to an aromatic ring is 1. The van der Waals surface area contributed by atoms with E-state index in [9.17, 15) is 5.11 Å². The molecule has 7 nitrogen and oxygen atoms in total.